The molecule has 2 aromatic carbocycles. The molecule has 0 aliphatic carbocycles. The topological polar surface area (TPSA) is 70.5 Å². The lowest BCUT2D eigenvalue weighted by Gasteiger charge is -2.41. The summed E-state index contributed by atoms with van der Waals surface area (Å²) in [6, 6.07) is 16.9. The number of thiazole rings is 1. The second kappa shape index (κ2) is 8.94. The minimum Gasteiger partial charge on any atom is -0.350 e. The maximum absolute atomic E-state index is 13.1. The first-order chi connectivity index (χ1) is 17.1. The van der Waals surface area contributed by atoms with Gasteiger partial charge < -0.3 is 19.7 Å². The molecule has 35 heavy (non-hydrogen) atoms. The van der Waals surface area contributed by atoms with E-state index in [0.717, 1.165) is 29.4 Å². The van der Waals surface area contributed by atoms with Crippen LogP contribution in [-0.4, -0.2) is 69.4 Å². The van der Waals surface area contributed by atoms with Gasteiger partial charge in [0.25, 0.3) is 11.8 Å². The van der Waals surface area contributed by atoms with Gasteiger partial charge in [-0.1, -0.05) is 36.4 Å². The van der Waals surface area contributed by atoms with Crippen LogP contribution in [0, 0.1) is 0 Å². The molecule has 6 rings (SSSR count). The van der Waals surface area contributed by atoms with Crippen molar-refractivity contribution in [2.75, 3.05) is 26.2 Å². The molecule has 0 saturated carbocycles. The van der Waals surface area contributed by atoms with E-state index >= 15 is 0 Å². The predicted molar refractivity (Wildman–Crippen MR) is 138 cm³/mol. The van der Waals surface area contributed by atoms with Crippen molar-refractivity contribution >= 4 is 34.1 Å². The van der Waals surface area contributed by atoms with Gasteiger partial charge in [0, 0.05) is 85.1 Å². The second-order valence-electron chi connectivity index (χ2n) is 9.40. The third-order valence-corrected chi connectivity index (χ3v) is 7.81. The molecule has 2 aromatic heterocycles. The highest BCUT2D eigenvalue weighted by molar-refractivity contribution is 7.11. The fourth-order valence-corrected chi connectivity index (χ4v) is 5.78. The Balaban J connectivity index is 1.07. The fraction of sp³-hybridized carbons (Fsp3) is 0.296. The minimum absolute atomic E-state index is 0.0150. The van der Waals surface area contributed by atoms with Gasteiger partial charge in [-0.05, 0) is 24.1 Å². The number of carbonyl (C=O) groups excluding carboxylic acids is 2. The van der Waals surface area contributed by atoms with Gasteiger partial charge in [-0.2, -0.15) is 0 Å². The average molecular weight is 486 g/mol. The standard InChI is InChI=1S/C27H27N5O2S/c1-30-17-23(18-5-3-2-4-6-18)22-8-7-19(13-24(22)30)26(33)32-15-21(16-32)29-20-9-11-31(14-20)27(34)25-28-10-12-35-25/h2-8,10,12-13,17,20-21,29H,9,11,14-16H2,1H3/t20-/m0/s1. The Kier molecular flexibility index (Phi) is 5.62. The Morgan fingerprint density at radius 3 is 2.57 bits per heavy atom. The van der Waals surface area contributed by atoms with Crippen molar-refractivity contribution in [2.24, 2.45) is 7.05 Å². The highest BCUT2D eigenvalue weighted by Crippen LogP contribution is 2.31. The number of hydrogen-bond acceptors (Lipinski definition) is 5. The first-order valence-corrected chi connectivity index (χ1v) is 12.8. The summed E-state index contributed by atoms with van der Waals surface area (Å²) in [5.41, 5.74) is 4.13. The van der Waals surface area contributed by atoms with E-state index in [1.165, 1.54) is 22.5 Å². The predicted octanol–water partition coefficient (Wildman–Crippen LogP) is 3.63. The number of nitrogens with zero attached hydrogens (tertiary/aromatic N) is 4. The number of amides is 2. The Morgan fingerprint density at radius 2 is 1.80 bits per heavy atom. The molecule has 2 saturated heterocycles. The van der Waals surface area contributed by atoms with E-state index in [0.29, 0.717) is 24.6 Å². The molecule has 0 bridgehead atoms. The zero-order valence-corrected chi connectivity index (χ0v) is 20.4. The largest absolute Gasteiger partial charge is 0.350 e. The number of nitrogens with one attached hydrogen (secondary N) is 1. The Labute approximate surface area is 208 Å². The van der Waals surface area contributed by atoms with Gasteiger partial charge >= 0.3 is 0 Å². The molecule has 2 aliphatic heterocycles. The summed E-state index contributed by atoms with van der Waals surface area (Å²) in [5, 5.41) is 7.17. The summed E-state index contributed by atoms with van der Waals surface area (Å²) in [7, 11) is 2.02. The molecule has 0 radical (unpaired) electrons. The minimum atomic E-state index is 0.0150. The molecule has 1 atom stereocenters. The number of rotatable bonds is 5. The summed E-state index contributed by atoms with van der Waals surface area (Å²) in [6.07, 6.45) is 4.72. The molecular weight excluding hydrogens is 458 g/mol. The highest BCUT2D eigenvalue weighted by atomic mass is 32.1. The molecule has 1 N–H and O–H groups in total. The van der Waals surface area contributed by atoms with Crippen LogP contribution in [0.25, 0.3) is 22.0 Å². The van der Waals surface area contributed by atoms with Gasteiger partial charge in [-0.15, -0.1) is 11.3 Å². The van der Waals surface area contributed by atoms with Gasteiger partial charge in [-0.3, -0.25) is 9.59 Å². The zero-order chi connectivity index (χ0) is 23.9. The summed E-state index contributed by atoms with van der Waals surface area (Å²) in [4.78, 5) is 33.6. The number of likely N-dealkylation sites (tertiary alicyclic amines) is 2. The van der Waals surface area contributed by atoms with Gasteiger partial charge in [0.15, 0.2) is 5.01 Å². The van der Waals surface area contributed by atoms with Crippen molar-refractivity contribution in [3.8, 4) is 11.1 Å². The number of fused-ring (bicyclic) bond motifs is 1. The molecule has 0 spiro atoms. The molecule has 7 nitrogen and oxygen atoms in total. The quantitative estimate of drug-likeness (QED) is 0.469. The van der Waals surface area contributed by atoms with Crippen molar-refractivity contribution in [3.05, 3.63) is 76.9 Å². The van der Waals surface area contributed by atoms with Crippen molar-refractivity contribution in [3.63, 3.8) is 0 Å². The van der Waals surface area contributed by atoms with Crippen molar-refractivity contribution < 1.29 is 9.59 Å². The van der Waals surface area contributed by atoms with Crippen LogP contribution < -0.4 is 5.32 Å². The van der Waals surface area contributed by atoms with Gasteiger partial charge in [0.05, 0.1) is 0 Å². The number of aryl methyl sites for hydroxylation is 1. The Morgan fingerprint density at radius 1 is 1.00 bits per heavy atom. The van der Waals surface area contributed by atoms with E-state index in [-0.39, 0.29) is 23.9 Å². The van der Waals surface area contributed by atoms with E-state index in [1.54, 1.807) is 6.20 Å². The van der Waals surface area contributed by atoms with E-state index in [9.17, 15) is 9.59 Å². The first-order valence-electron chi connectivity index (χ1n) is 12.0. The van der Waals surface area contributed by atoms with Crippen molar-refractivity contribution in [1.29, 1.82) is 0 Å². The number of aromatic nitrogens is 2. The summed E-state index contributed by atoms with van der Waals surface area (Å²) < 4.78 is 2.09. The summed E-state index contributed by atoms with van der Waals surface area (Å²) in [5.74, 6) is 0.0839. The number of carbonyl (C=O) groups is 2. The van der Waals surface area contributed by atoms with Crippen LogP contribution in [0.4, 0.5) is 0 Å². The van der Waals surface area contributed by atoms with Crippen LogP contribution in [-0.2, 0) is 7.05 Å². The maximum atomic E-state index is 13.1. The molecule has 178 valence electrons. The molecule has 4 heterocycles. The smallest absolute Gasteiger partial charge is 0.282 e. The van der Waals surface area contributed by atoms with Crippen LogP contribution >= 0.6 is 11.3 Å². The molecule has 8 heteroatoms. The Hall–Kier alpha value is -3.49. The lowest BCUT2D eigenvalue weighted by Crippen LogP contribution is -2.62. The van der Waals surface area contributed by atoms with Crippen LogP contribution in [0.5, 0.6) is 0 Å². The number of benzene rings is 2. The van der Waals surface area contributed by atoms with E-state index in [4.69, 9.17) is 0 Å². The van der Waals surface area contributed by atoms with Crippen LogP contribution in [0.3, 0.4) is 0 Å². The van der Waals surface area contributed by atoms with Gasteiger partial charge in [-0.25, -0.2) is 4.98 Å². The molecule has 0 unspecified atom stereocenters. The lowest BCUT2D eigenvalue weighted by molar-refractivity contribution is 0.0553. The maximum Gasteiger partial charge on any atom is 0.282 e. The van der Waals surface area contributed by atoms with E-state index < -0.39 is 0 Å². The second-order valence-corrected chi connectivity index (χ2v) is 10.3. The van der Waals surface area contributed by atoms with Crippen molar-refractivity contribution in [2.45, 2.75) is 18.5 Å². The van der Waals surface area contributed by atoms with Crippen molar-refractivity contribution in [1.82, 2.24) is 24.7 Å². The lowest BCUT2D eigenvalue weighted by atomic mass is 10.0. The normalized spacial score (nSPS) is 18.3. The number of hydrogen-bond donors (Lipinski definition) is 1. The van der Waals surface area contributed by atoms with Crippen LogP contribution in [0.1, 0.15) is 26.6 Å². The Bertz CT molecular complexity index is 1380. The SMILES string of the molecule is Cn1cc(-c2ccccc2)c2ccc(C(=O)N3CC(N[C@H]4CCN(C(=O)c5nccs5)C4)C3)cc21. The zero-order valence-electron chi connectivity index (χ0n) is 19.6. The summed E-state index contributed by atoms with van der Waals surface area (Å²) >= 11 is 1.38. The van der Waals surface area contributed by atoms with Crippen LogP contribution in [0.2, 0.25) is 0 Å². The van der Waals surface area contributed by atoms with E-state index in [1.807, 2.05) is 52.6 Å². The highest BCUT2D eigenvalue weighted by Gasteiger charge is 2.35. The molecule has 2 aliphatic rings. The third kappa shape index (κ3) is 4.13. The fourth-order valence-electron chi connectivity index (χ4n) is 5.18. The van der Waals surface area contributed by atoms with Crippen LogP contribution in [0.15, 0.2) is 66.3 Å². The van der Waals surface area contributed by atoms with E-state index in [2.05, 4.69) is 39.3 Å². The monoisotopic (exact) mass is 485 g/mol. The first kappa shape index (κ1) is 22.0. The summed E-state index contributed by atoms with van der Waals surface area (Å²) in [6.45, 7) is 2.82. The van der Waals surface area contributed by atoms with Gasteiger partial charge in [0.1, 0.15) is 0 Å². The average Bonchev–Trinajstić information content (AvgIpc) is 3.62. The molecule has 2 amide bonds. The molecular formula is C27H27N5O2S. The third-order valence-electron chi connectivity index (χ3n) is 7.05. The molecule has 4 aromatic rings. The molecule has 2 fully saturated rings. The van der Waals surface area contributed by atoms with Gasteiger partial charge in [0.2, 0.25) is 0 Å².